The third-order valence-electron chi connectivity index (χ3n) is 4.37. The Morgan fingerprint density at radius 2 is 2.29 bits per heavy atom. The summed E-state index contributed by atoms with van der Waals surface area (Å²) in [5.74, 6) is 1.06. The second kappa shape index (κ2) is 4.58. The van der Waals surface area contributed by atoms with Crippen molar-refractivity contribution in [2.75, 3.05) is 5.32 Å². The maximum atomic E-state index is 4.56. The van der Waals surface area contributed by atoms with E-state index in [1.165, 1.54) is 11.3 Å². The molecule has 2 N–H and O–H groups in total. The molecule has 3 aromatic rings. The summed E-state index contributed by atoms with van der Waals surface area (Å²) in [5, 5.41) is 15.3. The van der Waals surface area contributed by atoms with E-state index < -0.39 is 0 Å². The lowest BCUT2D eigenvalue weighted by Gasteiger charge is -2.25. The molecule has 4 rings (SSSR count). The van der Waals surface area contributed by atoms with Crippen LogP contribution < -0.4 is 5.32 Å². The first-order valence-electron chi connectivity index (χ1n) is 7.31. The van der Waals surface area contributed by atoms with Crippen LogP contribution in [-0.2, 0) is 12.8 Å². The van der Waals surface area contributed by atoms with E-state index in [2.05, 4.69) is 32.5 Å². The van der Waals surface area contributed by atoms with Crippen LogP contribution in [-0.4, -0.2) is 30.8 Å². The Hall–Kier alpha value is -2.37. The van der Waals surface area contributed by atoms with Gasteiger partial charge in [0.2, 0.25) is 0 Å². The third-order valence-corrected chi connectivity index (χ3v) is 4.37. The van der Waals surface area contributed by atoms with Gasteiger partial charge in [-0.25, -0.2) is 4.98 Å². The van der Waals surface area contributed by atoms with E-state index in [0.717, 1.165) is 42.0 Å². The Bertz CT molecular complexity index is 800. The summed E-state index contributed by atoms with van der Waals surface area (Å²) in [6.45, 7) is 4.14. The predicted octanol–water partition coefficient (Wildman–Crippen LogP) is 2.04. The SMILES string of the molecule is Cc1nc2ccnn2c(NC2CCc3[nH]ncc3C2)c1C. The number of hydrogen-bond donors (Lipinski definition) is 2. The summed E-state index contributed by atoms with van der Waals surface area (Å²) >= 11 is 0. The summed E-state index contributed by atoms with van der Waals surface area (Å²) in [6.07, 6.45) is 6.87. The lowest BCUT2D eigenvalue weighted by Crippen LogP contribution is -2.28. The van der Waals surface area contributed by atoms with Crippen LogP contribution in [0.4, 0.5) is 5.82 Å². The molecule has 1 unspecified atom stereocenters. The number of rotatable bonds is 2. The van der Waals surface area contributed by atoms with E-state index in [1.54, 1.807) is 6.20 Å². The van der Waals surface area contributed by atoms with Crippen molar-refractivity contribution in [1.82, 2.24) is 24.8 Å². The van der Waals surface area contributed by atoms with Gasteiger partial charge >= 0.3 is 0 Å². The largest absolute Gasteiger partial charge is 0.367 e. The molecular formula is C15H18N6. The number of aromatic amines is 1. The van der Waals surface area contributed by atoms with Crippen LogP contribution in [0.5, 0.6) is 0 Å². The lowest BCUT2D eigenvalue weighted by atomic mass is 9.93. The Labute approximate surface area is 122 Å². The molecule has 0 saturated carbocycles. The Morgan fingerprint density at radius 3 is 3.19 bits per heavy atom. The van der Waals surface area contributed by atoms with E-state index in [0.29, 0.717) is 6.04 Å². The molecule has 3 aromatic heterocycles. The molecule has 3 heterocycles. The van der Waals surface area contributed by atoms with Crippen molar-refractivity contribution in [2.24, 2.45) is 0 Å². The highest BCUT2D eigenvalue weighted by Crippen LogP contribution is 2.25. The molecule has 0 fully saturated rings. The summed E-state index contributed by atoms with van der Waals surface area (Å²) in [7, 11) is 0. The molecule has 21 heavy (non-hydrogen) atoms. The van der Waals surface area contributed by atoms with Gasteiger partial charge in [-0.15, -0.1) is 0 Å². The minimum absolute atomic E-state index is 0.406. The van der Waals surface area contributed by atoms with Gasteiger partial charge in [0, 0.05) is 29.1 Å². The smallest absolute Gasteiger partial charge is 0.157 e. The first-order chi connectivity index (χ1) is 10.2. The monoisotopic (exact) mass is 282 g/mol. The van der Waals surface area contributed by atoms with Gasteiger partial charge in [0.15, 0.2) is 5.65 Å². The van der Waals surface area contributed by atoms with Crippen LogP contribution in [0.25, 0.3) is 5.65 Å². The number of anilines is 1. The molecule has 6 nitrogen and oxygen atoms in total. The van der Waals surface area contributed by atoms with Crippen molar-refractivity contribution >= 4 is 11.5 Å². The van der Waals surface area contributed by atoms with E-state index >= 15 is 0 Å². The summed E-state index contributed by atoms with van der Waals surface area (Å²) in [5.41, 5.74) is 5.69. The number of H-pyrrole nitrogens is 1. The molecule has 0 aromatic carbocycles. The Morgan fingerprint density at radius 1 is 1.38 bits per heavy atom. The second-order valence-electron chi connectivity index (χ2n) is 5.73. The Kier molecular flexibility index (Phi) is 2.70. The highest BCUT2D eigenvalue weighted by Gasteiger charge is 2.22. The van der Waals surface area contributed by atoms with Crippen LogP contribution in [0, 0.1) is 13.8 Å². The minimum Gasteiger partial charge on any atom is -0.367 e. The fraction of sp³-hybridized carbons (Fsp3) is 0.400. The van der Waals surface area contributed by atoms with E-state index in [-0.39, 0.29) is 0 Å². The van der Waals surface area contributed by atoms with Crippen molar-refractivity contribution in [3.05, 3.63) is 41.0 Å². The molecule has 108 valence electrons. The fourth-order valence-corrected chi connectivity index (χ4v) is 3.04. The number of aromatic nitrogens is 5. The maximum Gasteiger partial charge on any atom is 0.157 e. The normalized spacial score (nSPS) is 17.9. The average Bonchev–Trinajstić information content (AvgIpc) is 3.11. The molecule has 0 radical (unpaired) electrons. The van der Waals surface area contributed by atoms with Crippen molar-refractivity contribution < 1.29 is 0 Å². The van der Waals surface area contributed by atoms with Crippen LogP contribution in [0.1, 0.15) is 28.9 Å². The molecule has 0 amide bonds. The fourth-order valence-electron chi connectivity index (χ4n) is 3.04. The molecule has 0 saturated heterocycles. The zero-order valence-corrected chi connectivity index (χ0v) is 12.2. The van der Waals surface area contributed by atoms with Gasteiger partial charge in [-0.05, 0) is 38.7 Å². The predicted molar refractivity (Wildman–Crippen MR) is 80.5 cm³/mol. The number of nitrogens with one attached hydrogen (secondary N) is 2. The molecule has 6 heteroatoms. The van der Waals surface area contributed by atoms with E-state index in [1.807, 2.05) is 23.7 Å². The topological polar surface area (TPSA) is 70.9 Å². The molecule has 0 aliphatic heterocycles. The minimum atomic E-state index is 0.406. The van der Waals surface area contributed by atoms with Gasteiger partial charge in [0.05, 0.1) is 12.4 Å². The molecule has 0 bridgehead atoms. The number of nitrogens with zero attached hydrogens (tertiary/aromatic N) is 4. The molecule has 1 aliphatic rings. The third kappa shape index (κ3) is 1.98. The van der Waals surface area contributed by atoms with Gasteiger partial charge in [0.25, 0.3) is 0 Å². The van der Waals surface area contributed by atoms with Gasteiger partial charge in [-0.3, -0.25) is 5.10 Å². The molecule has 1 atom stereocenters. The zero-order valence-electron chi connectivity index (χ0n) is 12.2. The maximum absolute atomic E-state index is 4.56. The van der Waals surface area contributed by atoms with Crippen molar-refractivity contribution in [3.63, 3.8) is 0 Å². The molecular weight excluding hydrogens is 264 g/mol. The van der Waals surface area contributed by atoms with Gasteiger partial charge in [-0.1, -0.05) is 0 Å². The van der Waals surface area contributed by atoms with Crippen LogP contribution in [0.2, 0.25) is 0 Å². The van der Waals surface area contributed by atoms with E-state index in [4.69, 9.17) is 0 Å². The lowest BCUT2D eigenvalue weighted by molar-refractivity contribution is 0.599. The van der Waals surface area contributed by atoms with Crippen molar-refractivity contribution in [3.8, 4) is 0 Å². The van der Waals surface area contributed by atoms with Gasteiger partial charge < -0.3 is 5.32 Å². The van der Waals surface area contributed by atoms with Crippen molar-refractivity contribution in [2.45, 2.75) is 39.2 Å². The summed E-state index contributed by atoms with van der Waals surface area (Å²) < 4.78 is 1.90. The van der Waals surface area contributed by atoms with E-state index in [9.17, 15) is 0 Å². The average molecular weight is 282 g/mol. The molecule has 1 aliphatic carbocycles. The zero-order chi connectivity index (χ0) is 14.4. The van der Waals surface area contributed by atoms with Gasteiger partial charge in [-0.2, -0.15) is 14.7 Å². The quantitative estimate of drug-likeness (QED) is 0.754. The highest BCUT2D eigenvalue weighted by molar-refractivity contribution is 5.55. The first kappa shape index (κ1) is 12.4. The summed E-state index contributed by atoms with van der Waals surface area (Å²) in [6, 6.07) is 2.34. The molecule has 0 spiro atoms. The number of aryl methyl sites for hydroxylation is 2. The second-order valence-corrected chi connectivity index (χ2v) is 5.73. The van der Waals surface area contributed by atoms with Crippen molar-refractivity contribution in [1.29, 1.82) is 0 Å². The van der Waals surface area contributed by atoms with Crippen LogP contribution in [0.15, 0.2) is 18.5 Å². The van der Waals surface area contributed by atoms with Crippen LogP contribution >= 0.6 is 0 Å². The highest BCUT2D eigenvalue weighted by atomic mass is 15.3. The first-order valence-corrected chi connectivity index (χ1v) is 7.31. The summed E-state index contributed by atoms with van der Waals surface area (Å²) in [4.78, 5) is 4.56. The van der Waals surface area contributed by atoms with Crippen LogP contribution in [0.3, 0.4) is 0 Å². The van der Waals surface area contributed by atoms with Gasteiger partial charge in [0.1, 0.15) is 5.82 Å². The number of fused-ring (bicyclic) bond motifs is 2. The Balaban J connectivity index is 1.69. The number of hydrogen-bond acceptors (Lipinski definition) is 4. The standard InChI is InChI=1S/C15H18N6/c1-9-10(2)18-14-5-6-17-21(14)15(9)19-12-3-4-13-11(7-12)8-16-20-13/h5-6,8,12,19H,3-4,7H2,1-2H3,(H,16,20).